The van der Waals surface area contributed by atoms with Crippen molar-refractivity contribution in [3.8, 4) is 5.75 Å². The molecule has 6 heteroatoms. The number of aryl methyl sites for hydroxylation is 1. The molecule has 0 spiro atoms. The third-order valence-corrected chi connectivity index (χ3v) is 6.63. The van der Waals surface area contributed by atoms with Crippen LogP contribution in [0.4, 0.5) is 11.4 Å². The van der Waals surface area contributed by atoms with Gasteiger partial charge in [-0.05, 0) is 36.2 Å². The average molecular weight is 424 g/mol. The number of nitrogens with zero attached hydrogens (tertiary/aromatic N) is 1. The molecular formula is C24H25NO4S. The van der Waals surface area contributed by atoms with Crippen LogP contribution in [0.25, 0.3) is 0 Å². The quantitative estimate of drug-likeness (QED) is 0.468. The first kappa shape index (κ1) is 20.4. The standard InChI is InChI=1S/C24H25NO4S/c1-2-19-10-9-11-20(24(19)29-17-23-16-28-23)18-30(26,27)25(21-12-5-3-6-13-21)22-14-7-4-8-15-22/h3-15,23H,2,16-18H2,1H3. The molecule has 1 atom stereocenters. The molecule has 0 bridgehead atoms. The van der Waals surface area contributed by atoms with Crippen LogP contribution < -0.4 is 9.04 Å². The summed E-state index contributed by atoms with van der Waals surface area (Å²) in [6, 6.07) is 24.0. The SMILES string of the molecule is CCc1cccc(CS(=O)(=O)N(c2ccccc2)c2ccccc2)c1OCC1CO1. The molecule has 0 saturated carbocycles. The zero-order chi connectivity index (χ0) is 21.0. The lowest BCUT2D eigenvalue weighted by atomic mass is 10.1. The van der Waals surface area contributed by atoms with Crippen LogP contribution in [-0.2, 0) is 26.9 Å². The Labute approximate surface area is 177 Å². The van der Waals surface area contributed by atoms with Crippen molar-refractivity contribution in [3.05, 3.63) is 90.0 Å². The van der Waals surface area contributed by atoms with E-state index in [2.05, 4.69) is 0 Å². The summed E-state index contributed by atoms with van der Waals surface area (Å²) >= 11 is 0. The van der Waals surface area contributed by atoms with Crippen molar-refractivity contribution in [3.63, 3.8) is 0 Å². The van der Waals surface area contributed by atoms with Crippen LogP contribution in [0.2, 0.25) is 0 Å². The maximum Gasteiger partial charge on any atom is 0.243 e. The van der Waals surface area contributed by atoms with Gasteiger partial charge in [0.25, 0.3) is 0 Å². The van der Waals surface area contributed by atoms with Crippen molar-refractivity contribution in [2.75, 3.05) is 17.5 Å². The molecule has 1 aliphatic heterocycles. The highest BCUT2D eigenvalue weighted by Gasteiger charge is 2.28. The minimum absolute atomic E-state index is 0.101. The number of ether oxygens (including phenoxy) is 2. The largest absolute Gasteiger partial charge is 0.490 e. The first-order chi connectivity index (χ1) is 14.6. The van der Waals surface area contributed by atoms with Gasteiger partial charge in [-0.15, -0.1) is 0 Å². The molecule has 0 amide bonds. The summed E-state index contributed by atoms with van der Waals surface area (Å²) in [5, 5.41) is 0. The van der Waals surface area contributed by atoms with Gasteiger partial charge in [0.2, 0.25) is 10.0 Å². The fourth-order valence-corrected chi connectivity index (χ4v) is 5.05. The number of hydrogen-bond acceptors (Lipinski definition) is 4. The van der Waals surface area contributed by atoms with Gasteiger partial charge >= 0.3 is 0 Å². The monoisotopic (exact) mass is 423 g/mol. The molecular weight excluding hydrogens is 398 g/mol. The fraction of sp³-hybridized carbons (Fsp3) is 0.250. The Hall–Kier alpha value is -2.83. The third kappa shape index (κ3) is 4.66. The number of benzene rings is 3. The van der Waals surface area contributed by atoms with Gasteiger partial charge in [-0.25, -0.2) is 12.7 Å². The summed E-state index contributed by atoms with van der Waals surface area (Å²) in [6.45, 7) is 3.16. The van der Waals surface area contributed by atoms with Gasteiger partial charge in [0.1, 0.15) is 18.5 Å². The van der Waals surface area contributed by atoms with E-state index in [9.17, 15) is 8.42 Å². The number of anilines is 2. The Bertz CT molecular complexity index is 1040. The Balaban J connectivity index is 1.71. The molecule has 0 radical (unpaired) electrons. The van der Waals surface area contributed by atoms with Gasteiger partial charge in [0.15, 0.2) is 0 Å². The molecule has 1 aliphatic rings. The van der Waals surface area contributed by atoms with Crippen LogP contribution in [-0.4, -0.2) is 27.7 Å². The first-order valence-electron chi connectivity index (χ1n) is 10.1. The molecule has 156 valence electrons. The maximum atomic E-state index is 13.6. The van der Waals surface area contributed by atoms with E-state index >= 15 is 0 Å². The second-order valence-corrected chi connectivity index (χ2v) is 9.03. The molecule has 3 aromatic rings. The molecule has 0 N–H and O–H groups in total. The molecule has 1 fully saturated rings. The van der Waals surface area contributed by atoms with Crippen LogP contribution in [0.3, 0.4) is 0 Å². The summed E-state index contributed by atoms with van der Waals surface area (Å²) in [4.78, 5) is 0. The smallest absolute Gasteiger partial charge is 0.243 e. The van der Waals surface area contributed by atoms with Crippen LogP contribution >= 0.6 is 0 Å². The molecule has 1 heterocycles. The third-order valence-electron chi connectivity index (χ3n) is 4.97. The van der Waals surface area contributed by atoms with E-state index in [0.717, 1.165) is 12.0 Å². The van der Waals surface area contributed by atoms with Gasteiger partial charge in [-0.2, -0.15) is 0 Å². The van der Waals surface area contributed by atoms with Crippen molar-refractivity contribution in [1.82, 2.24) is 0 Å². The molecule has 4 rings (SSSR count). The van der Waals surface area contributed by atoms with E-state index in [1.807, 2.05) is 61.5 Å². The van der Waals surface area contributed by atoms with E-state index in [0.29, 0.717) is 35.9 Å². The molecule has 30 heavy (non-hydrogen) atoms. The topological polar surface area (TPSA) is 59.1 Å². The molecule has 0 aromatic heterocycles. The summed E-state index contributed by atoms with van der Waals surface area (Å²) in [5.74, 6) is 0.492. The van der Waals surface area contributed by atoms with Crippen molar-refractivity contribution in [2.45, 2.75) is 25.2 Å². The highest BCUT2D eigenvalue weighted by atomic mass is 32.2. The Kier molecular flexibility index (Phi) is 6.06. The fourth-order valence-electron chi connectivity index (χ4n) is 3.41. The number of hydrogen-bond donors (Lipinski definition) is 0. The van der Waals surface area contributed by atoms with Crippen LogP contribution in [0.15, 0.2) is 78.9 Å². The Morgan fingerprint density at radius 2 is 1.47 bits per heavy atom. The van der Waals surface area contributed by atoms with Crippen molar-refractivity contribution in [1.29, 1.82) is 0 Å². The minimum Gasteiger partial charge on any atom is -0.490 e. The Morgan fingerprint density at radius 3 is 2.00 bits per heavy atom. The highest BCUT2D eigenvalue weighted by molar-refractivity contribution is 7.92. The highest BCUT2D eigenvalue weighted by Crippen LogP contribution is 2.33. The van der Waals surface area contributed by atoms with Crippen molar-refractivity contribution in [2.24, 2.45) is 0 Å². The predicted octanol–water partition coefficient (Wildman–Crippen LogP) is 4.69. The van der Waals surface area contributed by atoms with Crippen LogP contribution in [0.1, 0.15) is 18.1 Å². The number of rotatable bonds is 9. The van der Waals surface area contributed by atoms with Gasteiger partial charge in [-0.1, -0.05) is 61.5 Å². The summed E-state index contributed by atoms with van der Waals surface area (Å²) in [6.07, 6.45) is 0.861. The number of sulfonamides is 1. The minimum atomic E-state index is -3.73. The van der Waals surface area contributed by atoms with Crippen molar-refractivity contribution >= 4 is 21.4 Å². The second kappa shape index (κ2) is 8.90. The zero-order valence-electron chi connectivity index (χ0n) is 16.9. The molecule has 5 nitrogen and oxygen atoms in total. The van der Waals surface area contributed by atoms with E-state index in [-0.39, 0.29) is 11.9 Å². The normalized spacial score (nSPS) is 15.6. The van der Waals surface area contributed by atoms with Gasteiger partial charge in [0, 0.05) is 5.56 Å². The summed E-state index contributed by atoms with van der Waals surface area (Å²) in [5.41, 5.74) is 2.86. The van der Waals surface area contributed by atoms with Crippen LogP contribution in [0.5, 0.6) is 5.75 Å². The van der Waals surface area contributed by atoms with E-state index in [1.54, 1.807) is 24.3 Å². The van der Waals surface area contributed by atoms with Gasteiger partial charge in [0.05, 0.1) is 23.7 Å². The predicted molar refractivity (Wildman–Crippen MR) is 119 cm³/mol. The lowest BCUT2D eigenvalue weighted by Gasteiger charge is -2.25. The number of epoxide rings is 1. The lowest BCUT2D eigenvalue weighted by molar-refractivity contribution is 0.259. The first-order valence-corrected chi connectivity index (χ1v) is 11.7. The molecule has 1 saturated heterocycles. The van der Waals surface area contributed by atoms with Crippen LogP contribution in [0, 0.1) is 0 Å². The van der Waals surface area contributed by atoms with E-state index in [4.69, 9.17) is 9.47 Å². The van der Waals surface area contributed by atoms with Gasteiger partial charge in [-0.3, -0.25) is 0 Å². The maximum absolute atomic E-state index is 13.6. The zero-order valence-corrected chi connectivity index (χ0v) is 17.7. The number of para-hydroxylation sites is 3. The van der Waals surface area contributed by atoms with Gasteiger partial charge < -0.3 is 9.47 Å². The summed E-state index contributed by atoms with van der Waals surface area (Å²) < 4.78 is 40.0. The van der Waals surface area contributed by atoms with E-state index in [1.165, 1.54) is 4.31 Å². The molecule has 3 aromatic carbocycles. The van der Waals surface area contributed by atoms with Crippen molar-refractivity contribution < 1.29 is 17.9 Å². The molecule has 1 unspecified atom stereocenters. The summed E-state index contributed by atoms with van der Waals surface area (Å²) in [7, 11) is -3.73. The average Bonchev–Trinajstić information content (AvgIpc) is 3.58. The van der Waals surface area contributed by atoms with E-state index < -0.39 is 10.0 Å². The Morgan fingerprint density at radius 1 is 0.900 bits per heavy atom. The molecule has 0 aliphatic carbocycles. The second-order valence-electron chi connectivity index (χ2n) is 7.22. The lowest BCUT2D eigenvalue weighted by Crippen LogP contribution is -2.28.